The van der Waals surface area contributed by atoms with Gasteiger partial charge in [0, 0.05) is 0 Å². The van der Waals surface area contributed by atoms with Crippen LogP contribution >= 0.6 is 0 Å². The first kappa shape index (κ1) is 66.6. The Morgan fingerprint density at radius 3 is 0.588 bits per heavy atom. The predicted molar refractivity (Wildman–Crippen MR) is 307 cm³/mol. The van der Waals surface area contributed by atoms with Gasteiger partial charge in [0.2, 0.25) is 0 Å². The Bertz CT molecular complexity index is 2480. The van der Waals surface area contributed by atoms with Crippen LogP contribution in [0.3, 0.4) is 0 Å². The topological polar surface area (TPSA) is 73.8 Å². The van der Waals surface area contributed by atoms with Crippen molar-refractivity contribution in [3.63, 3.8) is 0 Å². The molecule has 0 amide bonds. The molecule has 0 unspecified atom stereocenters. The Hall–Kier alpha value is -4.22. The summed E-state index contributed by atoms with van der Waals surface area (Å²) in [7, 11) is -23.4. The Balaban J connectivity index is 1.55. The molecule has 440 valence electrons. The van der Waals surface area contributed by atoms with E-state index in [0.29, 0.717) is 48.4 Å². The smallest absolute Gasteiger partial charge is 0.344 e. The molecule has 1 fully saturated rings. The largest absolute Gasteiger partial charge is 0.428 e. The van der Waals surface area contributed by atoms with E-state index < -0.39 is 115 Å². The van der Waals surface area contributed by atoms with E-state index in [1.54, 1.807) is 48.5 Å². The van der Waals surface area contributed by atoms with Gasteiger partial charge in [0.15, 0.2) is 0 Å². The van der Waals surface area contributed by atoms with Crippen molar-refractivity contribution in [2.24, 2.45) is 0 Å². The summed E-state index contributed by atoms with van der Waals surface area (Å²) >= 11 is 0. The first-order valence-corrected chi connectivity index (χ1v) is 48.6. The standard InChI is InChI=1S/C52H68F12O8Si8/c1-73(2,41-21-13-37(14-22-41)65-49(61)45(53)54)29-33-77(9)69-78(10,34-30-74(3,4)42-23-15-38(16-24-42)66-50(62)46(55)56)71-80(12,36-32-76(7,8)44-27-19-40(20-28-44)68-52(64)48(59)60)72-79(11,70-77)35-31-75(5,6)43-25-17-39(18-26-43)67-51(63)47(57)58/h13-28H,29-36H2,1-12H3. The van der Waals surface area contributed by atoms with Crippen molar-refractivity contribution in [3.8, 4) is 23.0 Å². The molecule has 0 atom stereocenters. The molecule has 0 spiro atoms. The van der Waals surface area contributed by atoms with Crippen LogP contribution in [0.25, 0.3) is 0 Å². The number of hydrogen-bond acceptors (Lipinski definition) is 8. The van der Waals surface area contributed by atoms with Gasteiger partial charge in [-0.25, -0.2) is 0 Å². The Morgan fingerprint density at radius 1 is 0.300 bits per heavy atom. The molecule has 28 heteroatoms. The summed E-state index contributed by atoms with van der Waals surface area (Å²) in [4.78, 5) is 0. The number of rotatable bonds is 24. The highest BCUT2D eigenvalue weighted by atomic mass is 28.5. The van der Waals surface area contributed by atoms with Gasteiger partial charge in [-0.05, 0) is 98.9 Å². The van der Waals surface area contributed by atoms with E-state index in [1.807, 2.05) is 26.2 Å². The second-order valence-corrected chi connectivity index (χ2v) is 56.8. The minimum absolute atomic E-state index is 0.0965. The third-order valence-corrected chi connectivity index (χ3v) is 48.5. The van der Waals surface area contributed by atoms with Crippen LogP contribution in [0, 0.1) is 0 Å². The molecule has 0 aromatic heterocycles. The maximum atomic E-state index is 13.7. The van der Waals surface area contributed by atoms with E-state index in [0.717, 1.165) is 20.7 Å². The summed E-state index contributed by atoms with van der Waals surface area (Å²) in [5.41, 5.74) is 0. The predicted octanol–water partition coefficient (Wildman–Crippen LogP) is 16.5. The van der Waals surface area contributed by atoms with Crippen molar-refractivity contribution in [3.05, 3.63) is 145 Å². The lowest BCUT2D eigenvalue weighted by atomic mass is 10.3. The highest BCUT2D eigenvalue weighted by Gasteiger charge is 2.58. The van der Waals surface area contributed by atoms with Gasteiger partial charge < -0.3 is 35.4 Å². The highest BCUT2D eigenvalue weighted by Crippen LogP contribution is 2.42. The molecule has 1 aliphatic rings. The molecular formula is C52H68F12O8Si8. The fourth-order valence-electron chi connectivity index (χ4n) is 9.52. The van der Waals surface area contributed by atoms with Crippen LogP contribution < -0.4 is 39.7 Å². The minimum Gasteiger partial charge on any atom is -0.428 e. The monoisotopic (exact) mass is 1270 g/mol. The number of ether oxygens (including phenoxy) is 4. The van der Waals surface area contributed by atoms with Gasteiger partial charge in [-0.2, -0.15) is 52.7 Å². The van der Waals surface area contributed by atoms with Crippen LogP contribution in [0.5, 0.6) is 23.0 Å². The van der Waals surface area contributed by atoms with Gasteiger partial charge in [-0.15, -0.1) is 0 Å². The third kappa shape index (κ3) is 18.9. The molecule has 1 aliphatic heterocycles. The molecule has 0 bridgehead atoms. The lowest BCUT2D eigenvalue weighted by Crippen LogP contribution is -2.68. The van der Waals surface area contributed by atoms with Gasteiger partial charge in [0.05, 0.1) is 32.3 Å². The van der Waals surface area contributed by atoms with Gasteiger partial charge in [0.25, 0.3) is 0 Å². The SMILES string of the molecule is C[Si]1(CC[Si](C)(C)c2ccc(OC(F)=C(F)F)cc2)O[Si](C)(CC[Si](C)(C)c2ccc(OC(F)=C(F)F)cc2)O[Si](C)(CC[Si](C)(C)c2ccc(OC(F)=C(F)F)cc2)O[Si](C)(CC[Si](C)(C)c2ccc(OC(F)=C(F)F)cc2)O1. The second kappa shape index (κ2) is 26.6. The third-order valence-electron chi connectivity index (χ3n) is 14.5. The first-order valence-electron chi connectivity index (χ1n) is 25.6. The normalized spacial score (nSPS) is 20.9. The summed E-state index contributed by atoms with van der Waals surface area (Å²) in [6.45, 7) is 25.3. The molecule has 4 aromatic rings. The molecule has 0 radical (unpaired) electrons. The lowest BCUT2D eigenvalue weighted by Gasteiger charge is -2.51. The van der Waals surface area contributed by atoms with E-state index in [2.05, 4.69) is 52.4 Å². The Labute approximate surface area is 468 Å². The zero-order valence-electron chi connectivity index (χ0n) is 46.7. The number of benzene rings is 4. The van der Waals surface area contributed by atoms with Crippen molar-refractivity contribution in [2.45, 2.75) is 127 Å². The lowest BCUT2D eigenvalue weighted by molar-refractivity contribution is 0.225. The fourth-order valence-corrected chi connectivity index (χ4v) is 52.3. The second-order valence-electron chi connectivity index (χ2n) is 23.1. The maximum Gasteiger partial charge on any atom is 0.344 e. The van der Waals surface area contributed by atoms with Crippen molar-refractivity contribution in [1.82, 2.24) is 0 Å². The van der Waals surface area contributed by atoms with E-state index in [4.69, 9.17) is 35.4 Å². The molecule has 5 rings (SSSR count). The molecule has 0 N–H and O–H groups in total. The molecule has 0 saturated carbocycles. The van der Waals surface area contributed by atoms with Gasteiger partial charge in [-0.1, -0.05) is 146 Å². The average Bonchev–Trinajstić information content (AvgIpc) is 3.36. The van der Waals surface area contributed by atoms with Crippen molar-refractivity contribution < 1.29 is 88.1 Å². The quantitative estimate of drug-likeness (QED) is 0.0390. The number of hydrogen-bond donors (Lipinski definition) is 0. The summed E-state index contributed by atoms with van der Waals surface area (Å²) in [5.74, 6) is -0.386. The maximum absolute atomic E-state index is 13.7. The van der Waals surface area contributed by atoms with Crippen LogP contribution in [0.15, 0.2) is 145 Å². The first-order chi connectivity index (χ1) is 36.9. The van der Waals surface area contributed by atoms with Crippen molar-refractivity contribution >= 4 is 87.3 Å². The van der Waals surface area contributed by atoms with Gasteiger partial charge in [0.1, 0.15) is 23.0 Å². The van der Waals surface area contributed by atoms with Crippen molar-refractivity contribution in [2.75, 3.05) is 0 Å². The molecular weight excluding hydrogens is 1210 g/mol. The Kier molecular flexibility index (Phi) is 22.1. The van der Waals surface area contributed by atoms with Crippen LogP contribution in [-0.2, 0) is 16.5 Å². The fraction of sp³-hybridized carbons (Fsp3) is 0.385. The minimum atomic E-state index is -3.41. The molecule has 4 aromatic carbocycles. The zero-order valence-corrected chi connectivity index (χ0v) is 54.7. The zero-order chi connectivity index (χ0) is 59.9. The van der Waals surface area contributed by atoms with Crippen molar-refractivity contribution in [1.29, 1.82) is 0 Å². The van der Waals surface area contributed by atoms with E-state index in [-0.39, 0.29) is 23.0 Å². The summed E-state index contributed by atoms with van der Waals surface area (Å²) in [5, 5.41) is 3.75. The van der Waals surface area contributed by atoms with Crippen LogP contribution in [0.1, 0.15) is 0 Å². The summed E-state index contributed by atoms with van der Waals surface area (Å²) in [6, 6.07) is 22.0. The molecule has 1 saturated heterocycles. The Morgan fingerprint density at radius 2 is 0.450 bits per heavy atom. The summed E-state index contributed by atoms with van der Waals surface area (Å²) < 4.78 is 207. The highest BCUT2D eigenvalue weighted by molar-refractivity contribution is 6.98. The molecule has 8 nitrogen and oxygen atoms in total. The molecule has 1 heterocycles. The van der Waals surface area contributed by atoms with Gasteiger partial charge in [-0.3, -0.25) is 0 Å². The molecule has 80 heavy (non-hydrogen) atoms. The van der Waals surface area contributed by atoms with Crippen LogP contribution in [0.4, 0.5) is 52.7 Å². The van der Waals surface area contributed by atoms with E-state index in [1.165, 1.54) is 48.5 Å². The van der Waals surface area contributed by atoms with Crippen LogP contribution in [-0.4, -0.2) is 66.5 Å². The summed E-state index contributed by atoms with van der Waals surface area (Å²) in [6.07, 6.45) is -10.3. The van der Waals surface area contributed by atoms with E-state index in [9.17, 15) is 52.7 Å². The number of halogens is 12. The van der Waals surface area contributed by atoms with E-state index >= 15 is 0 Å². The average molecular weight is 1270 g/mol. The van der Waals surface area contributed by atoms with Gasteiger partial charge >= 0.3 is 82.6 Å². The molecule has 0 aliphatic carbocycles. The van der Waals surface area contributed by atoms with Crippen LogP contribution in [0.2, 0.25) is 127 Å².